The Hall–Kier alpha value is -2.08. The summed E-state index contributed by atoms with van der Waals surface area (Å²) in [5.41, 5.74) is 0.611. The Kier molecular flexibility index (Phi) is 5.03. The van der Waals surface area contributed by atoms with Crippen molar-refractivity contribution in [1.82, 2.24) is 5.32 Å². The molecule has 1 aliphatic carbocycles. The van der Waals surface area contributed by atoms with Crippen molar-refractivity contribution >= 4 is 11.9 Å². The molecule has 0 heterocycles. The summed E-state index contributed by atoms with van der Waals surface area (Å²) in [7, 11) is 0. The Bertz CT molecular complexity index is 568. The Morgan fingerprint density at radius 1 is 1.27 bits per heavy atom. The maximum Gasteiger partial charge on any atom is 0.337 e. The van der Waals surface area contributed by atoms with Crippen molar-refractivity contribution in [1.29, 1.82) is 0 Å². The Balaban J connectivity index is 1.82. The maximum absolute atomic E-state index is 11.6. The zero-order valence-corrected chi connectivity index (χ0v) is 12.6. The zero-order valence-electron chi connectivity index (χ0n) is 12.6. The Morgan fingerprint density at radius 2 is 1.95 bits per heavy atom. The molecule has 2 rings (SSSR count). The normalized spacial score (nSPS) is 16.3. The van der Waals surface area contributed by atoms with Gasteiger partial charge in [-0.3, -0.25) is 4.79 Å². The van der Waals surface area contributed by atoms with Crippen LogP contribution < -0.4 is 10.1 Å². The number of carboxylic acid groups (broad SMARTS) is 1. The minimum Gasteiger partial charge on any atom is -0.484 e. The fourth-order valence-corrected chi connectivity index (χ4v) is 2.35. The first-order valence-electron chi connectivity index (χ1n) is 7.35. The number of carboxylic acids is 1. The number of amides is 1. The SMILES string of the molecule is CC(O)(CNC(=O)COc1ccc2c(c1)CCCC2)C(=O)O. The number of nitrogens with one attached hydrogen (secondary N) is 1. The van der Waals surface area contributed by atoms with Gasteiger partial charge in [-0.25, -0.2) is 4.79 Å². The second-order valence-electron chi connectivity index (χ2n) is 5.78. The van der Waals surface area contributed by atoms with Crippen LogP contribution in [-0.4, -0.2) is 40.8 Å². The first-order chi connectivity index (χ1) is 10.4. The van der Waals surface area contributed by atoms with Gasteiger partial charge in [-0.05, 0) is 55.9 Å². The van der Waals surface area contributed by atoms with Crippen molar-refractivity contribution in [3.05, 3.63) is 29.3 Å². The number of carbonyl (C=O) groups excluding carboxylic acids is 1. The number of rotatable bonds is 6. The molecule has 3 N–H and O–H groups in total. The lowest BCUT2D eigenvalue weighted by atomic mass is 9.92. The number of hydrogen-bond acceptors (Lipinski definition) is 4. The molecule has 0 aliphatic heterocycles. The Morgan fingerprint density at radius 3 is 2.64 bits per heavy atom. The lowest BCUT2D eigenvalue weighted by molar-refractivity contribution is -0.156. The number of carbonyl (C=O) groups is 2. The van der Waals surface area contributed by atoms with E-state index in [0.717, 1.165) is 19.8 Å². The molecule has 22 heavy (non-hydrogen) atoms. The van der Waals surface area contributed by atoms with Crippen LogP contribution in [0.15, 0.2) is 18.2 Å². The van der Waals surface area contributed by atoms with Gasteiger partial charge in [0.15, 0.2) is 12.2 Å². The van der Waals surface area contributed by atoms with Gasteiger partial charge in [-0.2, -0.15) is 0 Å². The molecule has 1 aromatic carbocycles. The fourth-order valence-electron chi connectivity index (χ4n) is 2.35. The molecule has 0 spiro atoms. The van der Waals surface area contributed by atoms with E-state index in [-0.39, 0.29) is 13.2 Å². The topological polar surface area (TPSA) is 95.9 Å². The summed E-state index contributed by atoms with van der Waals surface area (Å²) in [5, 5.41) is 20.6. The highest BCUT2D eigenvalue weighted by Crippen LogP contribution is 2.25. The van der Waals surface area contributed by atoms with E-state index < -0.39 is 17.5 Å². The van der Waals surface area contributed by atoms with E-state index >= 15 is 0 Å². The van der Waals surface area contributed by atoms with Crippen LogP contribution in [0.25, 0.3) is 0 Å². The minimum atomic E-state index is -1.98. The van der Waals surface area contributed by atoms with Gasteiger partial charge in [0.1, 0.15) is 5.75 Å². The molecule has 6 heteroatoms. The van der Waals surface area contributed by atoms with Gasteiger partial charge in [0.2, 0.25) is 0 Å². The number of fused-ring (bicyclic) bond motifs is 1. The van der Waals surface area contributed by atoms with Crippen LogP contribution in [-0.2, 0) is 22.4 Å². The second-order valence-corrected chi connectivity index (χ2v) is 5.78. The molecule has 1 unspecified atom stereocenters. The van der Waals surface area contributed by atoms with Crippen LogP contribution in [0.1, 0.15) is 30.9 Å². The molecule has 0 aromatic heterocycles. The highest BCUT2D eigenvalue weighted by molar-refractivity contribution is 5.80. The number of hydrogen-bond donors (Lipinski definition) is 3. The zero-order chi connectivity index (χ0) is 16.2. The van der Waals surface area contributed by atoms with Crippen LogP contribution >= 0.6 is 0 Å². The van der Waals surface area contributed by atoms with Gasteiger partial charge in [0.25, 0.3) is 5.91 Å². The molecule has 1 amide bonds. The molecule has 0 radical (unpaired) electrons. The van der Waals surface area contributed by atoms with E-state index in [2.05, 4.69) is 5.32 Å². The number of aryl methyl sites for hydroxylation is 2. The third-order valence-electron chi connectivity index (χ3n) is 3.78. The molecule has 0 bridgehead atoms. The van der Waals surface area contributed by atoms with Crippen LogP contribution in [0.2, 0.25) is 0 Å². The summed E-state index contributed by atoms with van der Waals surface area (Å²) in [5.74, 6) is -1.23. The van der Waals surface area contributed by atoms with E-state index in [1.807, 2.05) is 18.2 Å². The molecule has 1 atom stereocenters. The van der Waals surface area contributed by atoms with Crippen molar-refractivity contribution in [2.75, 3.05) is 13.2 Å². The van der Waals surface area contributed by atoms with Crippen molar-refractivity contribution in [3.8, 4) is 5.75 Å². The highest BCUT2D eigenvalue weighted by Gasteiger charge is 2.30. The quantitative estimate of drug-likeness (QED) is 0.725. The molecular formula is C16H21NO5. The van der Waals surface area contributed by atoms with Gasteiger partial charge in [0.05, 0.1) is 6.54 Å². The van der Waals surface area contributed by atoms with Gasteiger partial charge in [-0.1, -0.05) is 6.07 Å². The van der Waals surface area contributed by atoms with Gasteiger partial charge >= 0.3 is 5.97 Å². The van der Waals surface area contributed by atoms with Crippen molar-refractivity contribution in [2.24, 2.45) is 0 Å². The van der Waals surface area contributed by atoms with Crippen LogP contribution in [0.5, 0.6) is 5.75 Å². The highest BCUT2D eigenvalue weighted by atomic mass is 16.5. The van der Waals surface area contributed by atoms with Gasteiger partial charge in [-0.15, -0.1) is 0 Å². The average Bonchev–Trinajstić information content (AvgIpc) is 2.50. The van der Waals surface area contributed by atoms with Crippen molar-refractivity contribution < 1.29 is 24.5 Å². The van der Waals surface area contributed by atoms with Crippen LogP contribution in [0.4, 0.5) is 0 Å². The predicted octanol–water partition coefficient (Wildman–Crippen LogP) is 0.896. The molecule has 1 aliphatic rings. The summed E-state index contributed by atoms with van der Waals surface area (Å²) in [6.45, 7) is 0.545. The van der Waals surface area contributed by atoms with E-state index in [1.165, 1.54) is 24.0 Å². The first kappa shape index (κ1) is 16.3. The molecule has 6 nitrogen and oxygen atoms in total. The van der Waals surface area contributed by atoms with E-state index in [1.54, 1.807) is 0 Å². The monoisotopic (exact) mass is 307 g/mol. The maximum atomic E-state index is 11.6. The van der Waals surface area contributed by atoms with E-state index in [4.69, 9.17) is 9.84 Å². The van der Waals surface area contributed by atoms with Gasteiger partial charge in [0, 0.05) is 0 Å². The average molecular weight is 307 g/mol. The standard InChI is InChI=1S/C16H21NO5/c1-16(21,15(19)20)10-17-14(18)9-22-13-7-6-11-4-2-3-5-12(11)8-13/h6-8,21H,2-5,9-10H2,1H3,(H,17,18)(H,19,20). The molecule has 1 aromatic rings. The minimum absolute atomic E-state index is 0.214. The smallest absolute Gasteiger partial charge is 0.337 e. The Labute approximate surface area is 129 Å². The number of ether oxygens (including phenoxy) is 1. The molecule has 120 valence electrons. The van der Waals surface area contributed by atoms with Crippen LogP contribution in [0, 0.1) is 0 Å². The molecule has 0 saturated carbocycles. The largest absolute Gasteiger partial charge is 0.484 e. The summed E-state index contributed by atoms with van der Waals surface area (Å²) in [6, 6.07) is 5.82. The predicted molar refractivity (Wildman–Crippen MR) is 79.8 cm³/mol. The number of benzene rings is 1. The summed E-state index contributed by atoms with van der Waals surface area (Å²) in [4.78, 5) is 22.4. The molecule has 0 saturated heterocycles. The molecule has 0 fully saturated rings. The summed E-state index contributed by atoms with van der Waals surface area (Å²) in [6.07, 6.45) is 4.49. The summed E-state index contributed by atoms with van der Waals surface area (Å²) < 4.78 is 5.42. The van der Waals surface area contributed by atoms with Crippen molar-refractivity contribution in [3.63, 3.8) is 0 Å². The van der Waals surface area contributed by atoms with Gasteiger partial charge < -0.3 is 20.3 Å². The van der Waals surface area contributed by atoms with E-state index in [0.29, 0.717) is 5.75 Å². The van der Waals surface area contributed by atoms with Crippen molar-refractivity contribution in [2.45, 2.75) is 38.2 Å². The molecular weight excluding hydrogens is 286 g/mol. The third kappa shape index (κ3) is 4.21. The second kappa shape index (κ2) is 6.79. The number of aliphatic carboxylic acids is 1. The summed E-state index contributed by atoms with van der Waals surface area (Å²) >= 11 is 0. The first-order valence-corrected chi connectivity index (χ1v) is 7.35. The lowest BCUT2D eigenvalue weighted by Crippen LogP contribution is -2.47. The van der Waals surface area contributed by atoms with E-state index in [9.17, 15) is 14.7 Å². The fraction of sp³-hybridized carbons (Fsp3) is 0.500. The third-order valence-corrected chi connectivity index (χ3v) is 3.78. The lowest BCUT2D eigenvalue weighted by Gasteiger charge is -2.19. The van der Waals surface area contributed by atoms with Crippen LogP contribution in [0.3, 0.4) is 0 Å². The number of aliphatic hydroxyl groups is 1.